The number of pyridine rings is 1. The molecule has 0 radical (unpaired) electrons. The monoisotopic (exact) mass is 399 g/mol. The van der Waals surface area contributed by atoms with Crippen LogP contribution in [0.4, 0.5) is 0 Å². The van der Waals surface area contributed by atoms with E-state index in [2.05, 4.69) is 31.0 Å². The topological polar surface area (TPSA) is 48.4 Å². The number of nitrogens with zero attached hydrogens (tertiary/aromatic N) is 1. The van der Waals surface area contributed by atoms with E-state index in [9.17, 15) is 4.79 Å². The van der Waals surface area contributed by atoms with Gasteiger partial charge in [-0.2, -0.15) is 0 Å². The number of rotatable bonds is 7. The van der Waals surface area contributed by atoms with E-state index in [0.717, 1.165) is 16.8 Å². The molecule has 30 heavy (non-hydrogen) atoms. The van der Waals surface area contributed by atoms with Crippen LogP contribution in [0.3, 0.4) is 0 Å². The highest BCUT2D eigenvalue weighted by Crippen LogP contribution is 2.29. The van der Waals surface area contributed by atoms with Gasteiger partial charge in [0.25, 0.3) is 0 Å². The Hall–Kier alpha value is -3.66. The van der Waals surface area contributed by atoms with Crippen LogP contribution in [-0.2, 0) is 4.79 Å². The van der Waals surface area contributed by atoms with Gasteiger partial charge in [-0.3, -0.25) is 4.98 Å². The van der Waals surface area contributed by atoms with Crippen molar-refractivity contribution >= 4 is 24.2 Å². The lowest BCUT2D eigenvalue weighted by Gasteiger charge is -2.09. The Labute approximate surface area is 177 Å². The lowest BCUT2D eigenvalue weighted by molar-refractivity contribution is -0.129. The molecule has 3 aromatic rings. The van der Waals surface area contributed by atoms with E-state index in [0.29, 0.717) is 17.4 Å². The van der Waals surface area contributed by atoms with Crippen molar-refractivity contribution in [2.45, 2.75) is 19.8 Å². The van der Waals surface area contributed by atoms with E-state index >= 15 is 0 Å². The molecule has 0 fully saturated rings. The molecule has 4 heteroatoms. The molecule has 0 spiro atoms. The minimum Gasteiger partial charge on any atom is -0.493 e. The number of esters is 1. The average Bonchev–Trinajstić information content (AvgIpc) is 2.78. The van der Waals surface area contributed by atoms with Crippen LogP contribution in [0.2, 0.25) is 0 Å². The fourth-order valence-electron chi connectivity index (χ4n) is 2.83. The van der Waals surface area contributed by atoms with Gasteiger partial charge in [-0.1, -0.05) is 56.3 Å². The maximum Gasteiger partial charge on any atom is 0.336 e. The molecular formula is C26H25NO3. The average molecular weight is 399 g/mol. The zero-order chi connectivity index (χ0) is 21.3. The molecule has 0 bridgehead atoms. The van der Waals surface area contributed by atoms with Gasteiger partial charge in [-0.15, -0.1) is 0 Å². The minimum absolute atomic E-state index is 0.372. The maximum absolute atomic E-state index is 12.2. The van der Waals surface area contributed by atoms with Crippen molar-refractivity contribution in [3.63, 3.8) is 0 Å². The first-order chi connectivity index (χ1) is 14.5. The molecule has 3 rings (SSSR count). The zero-order valence-corrected chi connectivity index (χ0v) is 17.4. The quantitative estimate of drug-likeness (QED) is 0.278. The number of aromatic nitrogens is 1. The van der Waals surface area contributed by atoms with Crippen molar-refractivity contribution in [2.75, 3.05) is 7.11 Å². The number of carbonyl (C=O) groups excluding carboxylic acids is 1. The summed E-state index contributed by atoms with van der Waals surface area (Å²) in [5.41, 5.74) is 3.98. The molecule has 1 aromatic heterocycles. The predicted molar refractivity (Wildman–Crippen MR) is 121 cm³/mol. The van der Waals surface area contributed by atoms with Crippen molar-refractivity contribution in [2.24, 2.45) is 0 Å². The van der Waals surface area contributed by atoms with Crippen LogP contribution in [0, 0.1) is 0 Å². The number of ether oxygens (including phenoxy) is 2. The van der Waals surface area contributed by atoms with E-state index in [1.807, 2.05) is 54.6 Å². The van der Waals surface area contributed by atoms with Gasteiger partial charge >= 0.3 is 5.97 Å². The number of hydrogen-bond donors (Lipinski definition) is 0. The highest BCUT2D eigenvalue weighted by atomic mass is 16.6. The van der Waals surface area contributed by atoms with Crippen molar-refractivity contribution in [1.82, 2.24) is 4.98 Å². The second kappa shape index (κ2) is 10.2. The Morgan fingerprint density at radius 3 is 2.33 bits per heavy atom. The van der Waals surface area contributed by atoms with Gasteiger partial charge in [0.2, 0.25) is 0 Å². The van der Waals surface area contributed by atoms with Crippen LogP contribution in [0.1, 0.15) is 42.1 Å². The summed E-state index contributed by atoms with van der Waals surface area (Å²) in [6, 6.07) is 19.2. The lowest BCUT2D eigenvalue weighted by atomic mass is 10.0. The Balaban J connectivity index is 1.66. The highest BCUT2D eigenvalue weighted by molar-refractivity contribution is 5.89. The van der Waals surface area contributed by atoms with E-state index in [1.165, 1.54) is 11.6 Å². The number of carbonyl (C=O) groups is 1. The summed E-state index contributed by atoms with van der Waals surface area (Å²) in [4.78, 5) is 16.5. The van der Waals surface area contributed by atoms with E-state index in [1.54, 1.807) is 25.4 Å². The summed E-state index contributed by atoms with van der Waals surface area (Å²) in [6.45, 7) is 4.30. The molecule has 2 aromatic carbocycles. The molecule has 0 N–H and O–H groups in total. The third kappa shape index (κ3) is 5.92. The maximum atomic E-state index is 12.2. The third-order valence-corrected chi connectivity index (χ3v) is 4.55. The summed E-state index contributed by atoms with van der Waals surface area (Å²) in [6.07, 6.45) is 8.74. The fourth-order valence-corrected chi connectivity index (χ4v) is 2.83. The molecule has 1 heterocycles. The van der Waals surface area contributed by atoms with Crippen molar-refractivity contribution in [3.05, 3.63) is 95.3 Å². The van der Waals surface area contributed by atoms with Crippen LogP contribution in [0.25, 0.3) is 18.2 Å². The summed E-state index contributed by atoms with van der Waals surface area (Å²) < 4.78 is 10.8. The van der Waals surface area contributed by atoms with E-state index < -0.39 is 5.97 Å². The van der Waals surface area contributed by atoms with Crippen LogP contribution < -0.4 is 9.47 Å². The summed E-state index contributed by atoms with van der Waals surface area (Å²) in [5, 5.41) is 0. The summed E-state index contributed by atoms with van der Waals surface area (Å²) in [7, 11) is 1.55. The number of benzene rings is 2. The van der Waals surface area contributed by atoms with Gasteiger partial charge in [0, 0.05) is 12.3 Å². The van der Waals surface area contributed by atoms with Crippen LogP contribution in [0.5, 0.6) is 11.5 Å². The van der Waals surface area contributed by atoms with Gasteiger partial charge in [0.15, 0.2) is 11.5 Å². The fraction of sp³-hybridized carbons (Fsp3) is 0.154. The highest BCUT2D eigenvalue weighted by Gasteiger charge is 2.08. The Bertz CT molecular complexity index is 1040. The van der Waals surface area contributed by atoms with Crippen LogP contribution in [-0.4, -0.2) is 18.1 Å². The summed E-state index contributed by atoms with van der Waals surface area (Å²) in [5.74, 6) is 0.874. The SMILES string of the molecule is COc1cc(/C=C/c2ccccn2)ccc1OC(=O)/C=C/c1ccc(C(C)C)cc1. The molecule has 0 saturated heterocycles. The van der Waals surface area contributed by atoms with Gasteiger partial charge in [0.1, 0.15) is 0 Å². The predicted octanol–water partition coefficient (Wildman–Crippen LogP) is 6.00. The second-order valence-electron chi connectivity index (χ2n) is 7.07. The third-order valence-electron chi connectivity index (χ3n) is 4.55. The smallest absolute Gasteiger partial charge is 0.336 e. The lowest BCUT2D eigenvalue weighted by Crippen LogP contribution is -2.05. The molecule has 0 atom stereocenters. The normalized spacial score (nSPS) is 11.3. The first kappa shape index (κ1) is 21.1. The Kier molecular flexibility index (Phi) is 7.17. The molecule has 0 saturated carbocycles. The van der Waals surface area contributed by atoms with E-state index in [4.69, 9.17) is 9.47 Å². The molecule has 0 aliphatic carbocycles. The number of methoxy groups -OCH3 is 1. The second-order valence-corrected chi connectivity index (χ2v) is 7.07. The van der Waals surface area contributed by atoms with Crippen LogP contribution in [0.15, 0.2) is 72.9 Å². The van der Waals surface area contributed by atoms with Gasteiger partial charge in [-0.25, -0.2) is 4.79 Å². The molecule has 0 aliphatic heterocycles. The standard InChI is InChI=1S/C26H25NO3/c1-19(2)22-12-7-20(8-13-22)11-16-26(28)30-24-15-10-21(18-25(24)29-3)9-14-23-6-4-5-17-27-23/h4-19H,1-3H3/b14-9+,16-11+. The molecule has 0 aliphatic rings. The van der Waals surface area contributed by atoms with Gasteiger partial charge in [-0.05, 0) is 59.0 Å². The first-order valence-corrected chi connectivity index (χ1v) is 9.82. The van der Waals surface area contributed by atoms with Crippen molar-refractivity contribution in [1.29, 1.82) is 0 Å². The minimum atomic E-state index is -0.460. The van der Waals surface area contributed by atoms with E-state index in [-0.39, 0.29) is 0 Å². The Morgan fingerprint density at radius 1 is 0.900 bits per heavy atom. The van der Waals surface area contributed by atoms with Crippen LogP contribution >= 0.6 is 0 Å². The Morgan fingerprint density at radius 2 is 1.67 bits per heavy atom. The molecule has 152 valence electrons. The van der Waals surface area contributed by atoms with Crippen molar-refractivity contribution in [3.8, 4) is 11.5 Å². The zero-order valence-electron chi connectivity index (χ0n) is 17.4. The number of hydrogen-bond acceptors (Lipinski definition) is 4. The van der Waals surface area contributed by atoms with Crippen molar-refractivity contribution < 1.29 is 14.3 Å². The molecule has 0 unspecified atom stereocenters. The largest absolute Gasteiger partial charge is 0.493 e. The first-order valence-electron chi connectivity index (χ1n) is 9.82. The summed E-state index contributed by atoms with van der Waals surface area (Å²) >= 11 is 0. The van der Waals surface area contributed by atoms with Gasteiger partial charge < -0.3 is 9.47 Å². The molecule has 4 nitrogen and oxygen atoms in total. The van der Waals surface area contributed by atoms with Gasteiger partial charge in [0.05, 0.1) is 12.8 Å². The molecule has 0 amide bonds. The molecular weight excluding hydrogens is 374 g/mol.